The minimum Gasteiger partial charge on any atom is -0.398 e. The molecule has 7 aromatic rings. The first-order valence-corrected chi connectivity index (χ1v) is 13.2. The van der Waals surface area contributed by atoms with Crippen LogP contribution in [-0.4, -0.2) is 19.5 Å². The molecule has 0 radical (unpaired) electrons. The third-order valence-corrected chi connectivity index (χ3v) is 7.05. The molecule has 2 heterocycles. The van der Waals surface area contributed by atoms with Gasteiger partial charge >= 0.3 is 0 Å². The first-order valence-electron chi connectivity index (χ1n) is 13.2. The molecule has 0 aliphatic rings. The maximum Gasteiger partial charge on any atom is 0.164 e. The summed E-state index contributed by atoms with van der Waals surface area (Å²) in [6, 6.07) is 44.9. The number of nitrogen functional groups attached to an aromatic ring is 1. The summed E-state index contributed by atoms with van der Waals surface area (Å²) in [6.07, 6.45) is 2.10. The molecule has 0 atom stereocenters. The Bertz CT molecular complexity index is 1900. The lowest BCUT2D eigenvalue weighted by Crippen LogP contribution is -2.01. The van der Waals surface area contributed by atoms with Gasteiger partial charge in [-0.25, -0.2) is 15.0 Å². The summed E-state index contributed by atoms with van der Waals surface area (Å²) in [5.74, 6) is 1.92. The molecule has 40 heavy (non-hydrogen) atoms. The van der Waals surface area contributed by atoms with E-state index in [2.05, 4.69) is 53.2 Å². The normalized spacial score (nSPS) is 11.1. The third-order valence-electron chi connectivity index (χ3n) is 7.05. The van der Waals surface area contributed by atoms with Crippen LogP contribution >= 0.6 is 0 Å². The lowest BCUT2D eigenvalue weighted by Gasteiger charge is -2.11. The predicted molar refractivity (Wildman–Crippen MR) is 163 cm³/mol. The van der Waals surface area contributed by atoms with Crippen molar-refractivity contribution < 1.29 is 0 Å². The largest absolute Gasteiger partial charge is 0.398 e. The van der Waals surface area contributed by atoms with Crippen molar-refractivity contribution in [3.05, 3.63) is 140 Å². The average Bonchev–Trinajstić information content (AvgIpc) is 3.45. The van der Waals surface area contributed by atoms with E-state index in [4.69, 9.17) is 20.7 Å². The molecule has 0 spiro atoms. The van der Waals surface area contributed by atoms with Crippen molar-refractivity contribution >= 4 is 16.6 Å². The number of para-hydroxylation sites is 1. The van der Waals surface area contributed by atoms with Gasteiger partial charge in [-0.2, -0.15) is 0 Å². The maximum absolute atomic E-state index is 6.29. The molecule has 5 nitrogen and oxygen atoms in total. The van der Waals surface area contributed by atoms with Crippen LogP contribution in [0.2, 0.25) is 0 Å². The summed E-state index contributed by atoms with van der Waals surface area (Å²) in [5, 5.41) is 1.15. The van der Waals surface area contributed by atoms with Gasteiger partial charge in [-0.05, 0) is 41.3 Å². The fourth-order valence-electron chi connectivity index (χ4n) is 5.01. The van der Waals surface area contributed by atoms with Gasteiger partial charge in [0.2, 0.25) is 0 Å². The highest BCUT2D eigenvalue weighted by molar-refractivity contribution is 5.89. The molecular formula is C35H25N5. The quantitative estimate of drug-likeness (QED) is 0.235. The van der Waals surface area contributed by atoms with Crippen molar-refractivity contribution in [1.29, 1.82) is 0 Å². The minimum atomic E-state index is 0.628. The molecule has 0 saturated carbocycles. The monoisotopic (exact) mass is 515 g/mol. The van der Waals surface area contributed by atoms with Gasteiger partial charge in [0.25, 0.3) is 0 Å². The lowest BCUT2D eigenvalue weighted by atomic mass is 10.0. The maximum atomic E-state index is 6.29. The molecule has 2 aromatic heterocycles. The van der Waals surface area contributed by atoms with Crippen molar-refractivity contribution in [2.75, 3.05) is 5.73 Å². The van der Waals surface area contributed by atoms with E-state index in [1.165, 1.54) is 0 Å². The van der Waals surface area contributed by atoms with Crippen LogP contribution in [-0.2, 0) is 0 Å². The minimum absolute atomic E-state index is 0.628. The molecule has 0 saturated heterocycles. The molecular weight excluding hydrogens is 490 g/mol. The Morgan fingerprint density at radius 2 is 1.07 bits per heavy atom. The summed E-state index contributed by atoms with van der Waals surface area (Å²) < 4.78 is 2.19. The zero-order valence-electron chi connectivity index (χ0n) is 21.6. The Balaban J connectivity index is 1.35. The Kier molecular flexibility index (Phi) is 5.87. The summed E-state index contributed by atoms with van der Waals surface area (Å²) >= 11 is 0. The van der Waals surface area contributed by atoms with Crippen LogP contribution in [0.5, 0.6) is 0 Å². The van der Waals surface area contributed by atoms with Gasteiger partial charge in [0.15, 0.2) is 17.5 Å². The van der Waals surface area contributed by atoms with Gasteiger partial charge in [-0.1, -0.05) is 103 Å². The van der Waals surface area contributed by atoms with Crippen molar-refractivity contribution in [2.45, 2.75) is 0 Å². The van der Waals surface area contributed by atoms with Gasteiger partial charge in [-0.15, -0.1) is 0 Å². The zero-order chi connectivity index (χ0) is 26.9. The Labute approximate surface area is 232 Å². The molecule has 7 rings (SSSR count). The highest BCUT2D eigenvalue weighted by atomic mass is 15.0. The van der Waals surface area contributed by atoms with Gasteiger partial charge in [0, 0.05) is 39.8 Å². The smallest absolute Gasteiger partial charge is 0.164 e. The van der Waals surface area contributed by atoms with Crippen LogP contribution in [0, 0.1) is 0 Å². The van der Waals surface area contributed by atoms with E-state index in [-0.39, 0.29) is 0 Å². The van der Waals surface area contributed by atoms with Crippen LogP contribution in [0.15, 0.2) is 140 Å². The summed E-state index contributed by atoms with van der Waals surface area (Å²) in [4.78, 5) is 14.6. The second-order valence-electron chi connectivity index (χ2n) is 9.64. The van der Waals surface area contributed by atoms with Crippen molar-refractivity contribution in [3.8, 4) is 51.0 Å². The number of fused-ring (bicyclic) bond motifs is 1. The second-order valence-corrected chi connectivity index (χ2v) is 9.64. The van der Waals surface area contributed by atoms with Gasteiger partial charge in [0.1, 0.15) is 0 Å². The molecule has 5 heteroatoms. The Hall–Kier alpha value is -5.55. The fourth-order valence-corrected chi connectivity index (χ4v) is 5.01. The molecule has 2 N–H and O–H groups in total. The number of anilines is 1. The van der Waals surface area contributed by atoms with Gasteiger partial charge < -0.3 is 10.3 Å². The fraction of sp³-hybridized carbons (Fsp3) is 0. The van der Waals surface area contributed by atoms with E-state index in [1.807, 2.05) is 91.0 Å². The van der Waals surface area contributed by atoms with Crippen LogP contribution in [0.3, 0.4) is 0 Å². The van der Waals surface area contributed by atoms with E-state index < -0.39 is 0 Å². The van der Waals surface area contributed by atoms with Crippen LogP contribution in [0.1, 0.15) is 0 Å². The standard InChI is InChI=1S/C35H25N5/c36-31-17-8-7-16-30(31)27-19-18-24-20-21-40(32(24)23-27)29-15-9-14-28(22-29)35-38-33(25-10-3-1-4-11-25)37-34(39-35)26-12-5-2-6-13-26/h1-23H,36H2. The average molecular weight is 516 g/mol. The molecule has 0 amide bonds. The number of benzene rings is 5. The number of aromatic nitrogens is 4. The SMILES string of the molecule is Nc1ccccc1-c1ccc2ccn(-c3cccc(-c4nc(-c5ccccc5)nc(-c5ccccc5)n4)c3)c2c1. The summed E-state index contributed by atoms with van der Waals surface area (Å²) in [7, 11) is 0. The Morgan fingerprint density at radius 1 is 0.475 bits per heavy atom. The summed E-state index contributed by atoms with van der Waals surface area (Å²) in [6.45, 7) is 0. The number of nitrogens with zero attached hydrogens (tertiary/aromatic N) is 4. The number of hydrogen-bond donors (Lipinski definition) is 1. The topological polar surface area (TPSA) is 69.6 Å². The second kappa shape index (κ2) is 9.97. The van der Waals surface area contributed by atoms with E-state index in [0.717, 1.165) is 50.1 Å². The highest BCUT2D eigenvalue weighted by Crippen LogP contribution is 2.31. The van der Waals surface area contributed by atoms with E-state index >= 15 is 0 Å². The molecule has 0 unspecified atom stereocenters. The number of hydrogen-bond acceptors (Lipinski definition) is 4. The predicted octanol–water partition coefficient (Wildman–Crippen LogP) is 8.07. The lowest BCUT2D eigenvalue weighted by molar-refractivity contribution is 1.07. The van der Waals surface area contributed by atoms with Crippen LogP contribution < -0.4 is 5.73 Å². The van der Waals surface area contributed by atoms with E-state index in [0.29, 0.717) is 17.5 Å². The van der Waals surface area contributed by atoms with Crippen molar-refractivity contribution in [3.63, 3.8) is 0 Å². The Morgan fingerprint density at radius 3 is 1.75 bits per heavy atom. The van der Waals surface area contributed by atoms with E-state index in [9.17, 15) is 0 Å². The van der Waals surface area contributed by atoms with Crippen molar-refractivity contribution in [2.24, 2.45) is 0 Å². The van der Waals surface area contributed by atoms with Crippen LogP contribution in [0.25, 0.3) is 61.9 Å². The molecule has 0 aliphatic heterocycles. The zero-order valence-corrected chi connectivity index (χ0v) is 21.6. The highest BCUT2D eigenvalue weighted by Gasteiger charge is 2.14. The molecule has 0 aliphatic carbocycles. The number of nitrogens with two attached hydrogens (primary N) is 1. The molecule has 190 valence electrons. The molecule has 5 aromatic carbocycles. The molecule has 0 bridgehead atoms. The third kappa shape index (κ3) is 4.40. The molecule has 0 fully saturated rings. The first-order chi connectivity index (χ1) is 19.7. The first kappa shape index (κ1) is 23.6. The van der Waals surface area contributed by atoms with E-state index in [1.54, 1.807) is 0 Å². The van der Waals surface area contributed by atoms with Crippen molar-refractivity contribution in [1.82, 2.24) is 19.5 Å². The number of rotatable bonds is 5. The van der Waals surface area contributed by atoms with Gasteiger partial charge in [0.05, 0.1) is 5.52 Å². The van der Waals surface area contributed by atoms with Gasteiger partial charge in [-0.3, -0.25) is 0 Å². The summed E-state index contributed by atoms with van der Waals surface area (Å²) in [5.41, 5.74) is 14.1. The van der Waals surface area contributed by atoms with Crippen LogP contribution in [0.4, 0.5) is 5.69 Å².